The van der Waals surface area contributed by atoms with Crippen LogP contribution in [0.15, 0.2) is 24.3 Å². The molecule has 1 aliphatic rings. The fraction of sp³-hybridized carbons (Fsp3) is 0.286. The van der Waals surface area contributed by atoms with Crippen LogP contribution in [-0.2, 0) is 13.0 Å². The second-order valence-electron chi connectivity index (χ2n) is 4.71. The van der Waals surface area contributed by atoms with Crippen molar-refractivity contribution in [2.24, 2.45) is 0 Å². The molecule has 3 rings (SSSR count). The van der Waals surface area contributed by atoms with E-state index in [-0.39, 0.29) is 0 Å². The van der Waals surface area contributed by atoms with E-state index in [1.807, 2.05) is 6.07 Å². The van der Waals surface area contributed by atoms with Gasteiger partial charge >= 0.3 is 0 Å². The topological polar surface area (TPSA) is 29.3 Å². The van der Waals surface area contributed by atoms with E-state index in [9.17, 15) is 0 Å². The molecular weight excluding hydrogens is 264 g/mol. The highest BCUT2D eigenvalue weighted by Gasteiger charge is 2.20. The second kappa shape index (κ2) is 4.48. The molecule has 1 aliphatic heterocycles. The lowest BCUT2D eigenvalue weighted by Crippen LogP contribution is -2.19. The zero-order chi connectivity index (χ0) is 12.7. The lowest BCUT2D eigenvalue weighted by atomic mass is 10.1. The Morgan fingerprint density at radius 3 is 2.94 bits per heavy atom. The summed E-state index contributed by atoms with van der Waals surface area (Å²) in [5.41, 5.74) is 10.7. The van der Waals surface area contributed by atoms with Gasteiger partial charge in [-0.3, -0.25) is 0 Å². The highest BCUT2D eigenvalue weighted by Crippen LogP contribution is 2.34. The van der Waals surface area contributed by atoms with Gasteiger partial charge < -0.3 is 10.6 Å². The summed E-state index contributed by atoms with van der Waals surface area (Å²) < 4.78 is 0.854. The second-order valence-corrected chi connectivity index (χ2v) is 6.51. The third-order valence-corrected chi connectivity index (χ3v) is 4.65. The minimum absolute atomic E-state index is 0.854. The Hall–Kier alpha value is -1.19. The predicted octanol–water partition coefficient (Wildman–Crippen LogP) is 3.85. The van der Waals surface area contributed by atoms with Crippen molar-refractivity contribution in [1.82, 2.24) is 0 Å². The number of halogens is 1. The third kappa shape index (κ3) is 2.08. The van der Waals surface area contributed by atoms with E-state index in [1.165, 1.54) is 21.7 Å². The van der Waals surface area contributed by atoms with Crippen molar-refractivity contribution in [3.05, 3.63) is 44.6 Å². The molecule has 2 nitrogen and oxygen atoms in total. The molecule has 0 atom stereocenters. The Labute approximate surface area is 116 Å². The Kier molecular flexibility index (Phi) is 2.96. The first-order valence-electron chi connectivity index (χ1n) is 6.01. The molecule has 4 heteroatoms. The van der Waals surface area contributed by atoms with Crippen LogP contribution in [0.2, 0.25) is 4.34 Å². The minimum Gasteiger partial charge on any atom is -0.398 e. The summed E-state index contributed by atoms with van der Waals surface area (Å²) in [6.07, 6.45) is 1.11. The van der Waals surface area contributed by atoms with Gasteiger partial charge in [0.05, 0.1) is 10.9 Å². The van der Waals surface area contributed by atoms with Gasteiger partial charge in [-0.05, 0) is 42.7 Å². The van der Waals surface area contributed by atoms with E-state index in [4.69, 9.17) is 17.3 Å². The average molecular weight is 279 g/mol. The molecule has 2 N–H and O–H groups in total. The SMILES string of the molecule is Cc1cc2c(cc1N)N(Cc1ccc(Cl)s1)CC2. The largest absolute Gasteiger partial charge is 0.398 e. The number of thiophene rings is 1. The quantitative estimate of drug-likeness (QED) is 0.846. The molecule has 0 fully saturated rings. The molecule has 0 radical (unpaired) electrons. The maximum absolute atomic E-state index is 6.01. The molecule has 0 saturated carbocycles. The first kappa shape index (κ1) is 11.9. The maximum atomic E-state index is 6.01. The van der Waals surface area contributed by atoms with Crippen LogP contribution in [0, 0.1) is 6.92 Å². The van der Waals surface area contributed by atoms with Crippen molar-refractivity contribution >= 4 is 34.3 Å². The van der Waals surface area contributed by atoms with Gasteiger partial charge in [0.15, 0.2) is 0 Å². The summed E-state index contributed by atoms with van der Waals surface area (Å²) in [5.74, 6) is 0. The number of nitrogens with two attached hydrogens (primary N) is 1. The lowest BCUT2D eigenvalue weighted by molar-refractivity contribution is 0.846. The van der Waals surface area contributed by atoms with E-state index in [0.717, 1.165) is 29.5 Å². The lowest BCUT2D eigenvalue weighted by Gasteiger charge is -2.19. The number of rotatable bonds is 2. The van der Waals surface area contributed by atoms with Crippen LogP contribution in [0.25, 0.3) is 0 Å². The first-order chi connectivity index (χ1) is 8.63. The van der Waals surface area contributed by atoms with Crippen molar-refractivity contribution in [1.29, 1.82) is 0 Å². The molecule has 2 aromatic rings. The fourth-order valence-electron chi connectivity index (χ4n) is 2.43. The summed E-state index contributed by atoms with van der Waals surface area (Å²) in [4.78, 5) is 3.68. The smallest absolute Gasteiger partial charge is 0.0931 e. The standard InChI is InChI=1S/C14H15ClN2S/c1-9-6-10-4-5-17(13(10)7-12(9)16)8-11-2-3-14(15)18-11/h2-3,6-7H,4-5,8,16H2,1H3. The minimum atomic E-state index is 0.854. The van der Waals surface area contributed by atoms with Crippen LogP contribution in [0.5, 0.6) is 0 Å². The van der Waals surface area contributed by atoms with Gasteiger partial charge in [-0.2, -0.15) is 0 Å². The first-order valence-corrected chi connectivity index (χ1v) is 7.21. The van der Waals surface area contributed by atoms with Gasteiger partial charge in [0, 0.05) is 22.8 Å². The molecule has 1 aromatic heterocycles. The number of benzene rings is 1. The average Bonchev–Trinajstić information content (AvgIpc) is 2.89. The van der Waals surface area contributed by atoms with Crippen LogP contribution in [0.3, 0.4) is 0 Å². The molecule has 1 aromatic carbocycles. The number of anilines is 2. The monoisotopic (exact) mass is 278 g/mol. The summed E-state index contributed by atoms with van der Waals surface area (Å²) in [7, 11) is 0. The summed E-state index contributed by atoms with van der Waals surface area (Å²) >= 11 is 7.62. The molecule has 0 aliphatic carbocycles. The fourth-order valence-corrected chi connectivity index (χ4v) is 3.54. The Morgan fingerprint density at radius 2 is 2.22 bits per heavy atom. The van der Waals surface area contributed by atoms with Crippen LogP contribution in [-0.4, -0.2) is 6.54 Å². The summed E-state index contributed by atoms with van der Waals surface area (Å²) in [6.45, 7) is 4.05. The Bertz CT molecular complexity index is 591. The van der Waals surface area contributed by atoms with Crippen molar-refractivity contribution in [3.63, 3.8) is 0 Å². The van der Waals surface area contributed by atoms with Gasteiger partial charge in [-0.15, -0.1) is 11.3 Å². The van der Waals surface area contributed by atoms with E-state index in [2.05, 4.69) is 30.0 Å². The molecule has 0 unspecified atom stereocenters. The van der Waals surface area contributed by atoms with Gasteiger partial charge in [0.2, 0.25) is 0 Å². The normalized spacial score (nSPS) is 14.0. The van der Waals surface area contributed by atoms with Gasteiger partial charge in [-0.25, -0.2) is 0 Å². The van der Waals surface area contributed by atoms with Crippen molar-refractivity contribution in [3.8, 4) is 0 Å². The number of hydrogen-bond acceptors (Lipinski definition) is 3. The summed E-state index contributed by atoms with van der Waals surface area (Å²) in [5, 5.41) is 0. The van der Waals surface area contributed by atoms with Crippen LogP contribution >= 0.6 is 22.9 Å². The number of hydrogen-bond donors (Lipinski definition) is 1. The maximum Gasteiger partial charge on any atom is 0.0931 e. The van der Waals surface area contributed by atoms with Gasteiger partial charge in [0.25, 0.3) is 0 Å². The third-order valence-electron chi connectivity index (χ3n) is 3.43. The zero-order valence-corrected chi connectivity index (χ0v) is 11.8. The van der Waals surface area contributed by atoms with Gasteiger partial charge in [-0.1, -0.05) is 17.7 Å². The molecular formula is C14H15ClN2S. The Morgan fingerprint density at radius 1 is 1.39 bits per heavy atom. The molecule has 0 bridgehead atoms. The molecule has 0 saturated heterocycles. The number of nitrogens with zero attached hydrogens (tertiary/aromatic N) is 1. The molecule has 0 amide bonds. The highest BCUT2D eigenvalue weighted by molar-refractivity contribution is 7.16. The number of aryl methyl sites for hydroxylation is 1. The molecule has 2 heterocycles. The number of fused-ring (bicyclic) bond motifs is 1. The van der Waals surface area contributed by atoms with E-state index < -0.39 is 0 Å². The highest BCUT2D eigenvalue weighted by atomic mass is 35.5. The van der Waals surface area contributed by atoms with Crippen molar-refractivity contribution < 1.29 is 0 Å². The van der Waals surface area contributed by atoms with E-state index in [1.54, 1.807) is 11.3 Å². The van der Waals surface area contributed by atoms with Crippen LogP contribution in [0.1, 0.15) is 16.0 Å². The van der Waals surface area contributed by atoms with Crippen molar-refractivity contribution in [2.75, 3.05) is 17.2 Å². The predicted molar refractivity (Wildman–Crippen MR) is 79.7 cm³/mol. The van der Waals surface area contributed by atoms with Gasteiger partial charge in [0.1, 0.15) is 0 Å². The molecule has 18 heavy (non-hydrogen) atoms. The Balaban J connectivity index is 1.88. The molecule has 94 valence electrons. The zero-order valence-electron chi connectivity index (χ0n) is 10.2. The number of nitrogen functional groups attached to an aromatic ring is 1. The summed E-state index contributed by atoms with van der Waals surface area (Å²) in [6, 6.07) is 8.38. The van der Waals surface area contributed by atoms with E-state index >= 15 is 0 Å². The molecule has 0 spiro atoms. The van der Waals surface area contributed by atoms with E-state index in [0.29, 0.717) is 0 Å². The van der Waals surface area contributed by atoms with Crippen LogP contribution in [0.4, 0.5) is 11.4 Å². The van der Waals surface area contributed by atoms with Crippen molar-refractivity contribution in [2.45, 2.75) is 19.9 Å². The van der Waals surface area contributed by atoms with Crippen LogP contribution < -0.4 is 10.6 Å².